The summed E-state index contributed by atoms with van der Waals surface area (Å²) in [6, 6.07) is 13.2. The number of nitrogens with zero attached hydrogens (tertiary/aromatic N) is 1. The third-order valence-corrected chi connectivity index (χ3v) is 5.83. The number of aromatic nitrogens is 1. The number of aliphatic hydroxyl groups excluding tert-OH is 4. The zero-order valence-corrected chi connectivity index (χ0v) is 16.0. The van der Waals surface area contributed by atoms with Crippen molar-refractivity contribution in [2.45, 2.75) is 30.6 Å². The molecule has 0 spiro atoms. The maximum atomic E-state index is 12.8. The smallest absolute Gasteiger partial charge is 0.204 e. The van der Waals surface area contributed by atoms with Gasteiger partial charge in [0.05, 0.1) is 17.7 Å². The average Bonchev–Trinajstić information content (AvgIpc) is 3.21. The molecule has 1 aliphatic rings. The number of thiazole rings is 1. The van der Waals surface area contributed by atoms with Gasteiger partial charge in [-0.1, -0.05) is 47.7 Å². The van der Waals surface area contributed by atoms with E-state index in [1.54, 1.807) is 6.07 Å². The molecule has 1 fully saturated rings. The molecule has 5 N–H and O–H groups in total. The van der Waals surface area contributed by atoms with Gasteiger partial charge in [-0.3, -0.25) is 4.79 Å². The van der Waals surface area contributed by atoms with Crippen molar-refractivity contribution in [2.24, 2.45) is 0 Å². The number of ether oxygens (including phenoxy) is 1. The van der Waals surface area contributed by atoms with Crippen LogP contribution < -0.4 is 5.32 Å². The second-order valence-corrected chi connectivity index (χ2v) is 7.85. The number of hydrogen-bond acceptors (Lipinski definition) is 9. The van der Waals surface area contributed by atoms with Gasteiger partial charge < -0.3 is 30.5 Å². The molecule has 29 heavy (non-hydrogen) atoms. The second-order valence-electron chi connectivity index (χ2n) is 6.81. The van der Waals surface area contributed by atoms with Gasteiger partial charge in [0, 0.05) is 5.56 Å². The van der Waals surface area contributed by atoms with Crippen LogP contribution in [0.25, 0.3) is 10.8 Å². The highest BCUT2D eigenvalue weighted by molar-refractivity contribution is 7.17. The Balaban J connectivity index is 1.51. The molecule has 2 unspecified atom stereocenters. The highest BCUT2D eigenvalue weighted by atomic mass is 32.1. The molecule has 0 bridgehead atoms. The molecule has 1 aliphatic heterocycles. The molecule has 152 valence electrons. The third kappa shape index (κ3) is 3.88. The van der Waals surface area contributed by atoms with Gasteiger partial charge in [-0.2, -0.15) is 0 Å². The van der Waals surface area contributed by atoms with Crippen molar-refractivity contribution >= 4 is 33.0 Å². The van der Waals surface area contributed by atoms with Crippen LogP contribution in [0, 0.1) is 0 Å². The van der Waals surface area contributed by atoms with Crippen molar-refractivity contribution in [1.29, 1.82) is 0 Å². The maximum Gasteiger partial charge on any atom is 0.204 e. The van der Waals surface area contributed by atoms with Crippen LogP contribution in [-0.2, 0) is 4.74 Å². The Hall–Kier alpha value is -2.40. The number of ketones is 1. The molecule has 3 aromatic rings. The van der Waals surface area contributed by atoms with Gasteiger partial charge in [-0.15, -0.1) is 0 Å². The van der Waals surface area contributed by atoms with Crippen LogP contribution in [0.2, 0.25) is 0 Å². The van der Waals surface area contributed by atoms with Crippen LogP contribution in [0.3, 0.4) is 0 Å². The van der Waals surface area contributed by atoms with Crippen LogP contribution in [0.1, 0.15) is 15.2 Å². The lowest BCUT2D eigenvalue weighted by atomic mass is 9.98. The fraction of sp³-hybridized carbons (Fsp3) is 0.300. The molecule has 0 saturated carbocycles. The molecule has 9 heteroatoms. The van der Waals surface area contributed by atoms with E-state index in [1.165, 1.54) is 6.20 Å². The minimum absolute atomic E-state index is 0.185. The summed E-state index contributed by atoms with van der Waals surface area (Å²) in [7, 11) is 0. The van der Waals surface area contributed by atoms with E-state index in [1.807, 2.05) is 36.4 Å². The van der Waals surface area contributed by atoms with Crippen molar-refractivity contribution < 1.29 is 30.0 Å². The Kier molecular flexibility index (Phi) is 5.59. The monoisotopic (exact) mass is 416 g/mol. The van der Waals surface area contributed by atoms with Gasteiger partial charge in [0.15, 0.2) is 11.4 Å². The summed E-state index contributed by atoms with van der Waals surface area (Å²) >= 11 is 1.08. The Morgan fingerprint density at radius 3 is 2.59 bits per heavy atom. The Morgan fingerprint density at radius 2 is 1.83 bits per heavy atom. The van der Waals surface area contributed by atoms with Crippen LogP contribution in [0.15, 0.2) is 48.7 Å². The summed E-state index contributed by atoms with van der Waals surface area (Å²) < 4.78 is 5.40. The highest BCUT2D eigenvalue weighted by Crippen LogP contribution is 2.27. The molecule has 2 aromatic carbocycles. The maximum absolute atomic E-state index is 12.8. The van der Waals surface area contributed by atoms with Gasteiger partial charge in [-0.25, -0.2) is 4.98 Å². The largest absolute Gasteiger partial charge is 0.394 e. The van der Waals surface area contributed by atoms with E-state index in [-0.39, 0.29) is 5.78 Å². The summed E-state index contributed by atoms with van der Waals surface area (Å²) in [5.74, 6) is -0.185. The lowest BCUT2D eigenvalue weighted by Crippen LogP contribution is -2.60. The topological polar surface area (TPSA) is 132 Å². The molecule has 0 amide bonds. The normalized spacial score (nSPS) is 27.1. The fourth-order valence-electron chi connectivity index (χ4n) is 3.26. The van der Waals surface area contributed by atoms with Gasteiger partial charge in [-0.05, 0) is 16.8 Å². The van der Waals surface area contributed by atoms with Gasteiger partial charge in [0.25, 0.3) is 0 Å². The molecule has 4 rings (SSSR count). The lowest BCUT2D eigenvalue weighted by Gasteiger charge is -2.40. The second kappa shape index (κ2) is 8.15. The number of carbonyl (C=O) groups is 1. The number of fused-ring (bicyclic) bond motifs is 1. The summed E-state index contributed by atoms with van der Waals surface area (Å²) in [5, 5.41) is 44.2. The molecule has 2 heterocycles. The highest BCUT2D eigenvalue weighted by Gasteiger charge is 2.43. The van der Waals surface area contributed by atoms with Crippen molar-refractivity contribution in [2.75, 3.05) is 11.9 Å². The van der Waals surface area contributed by atoms with E-state index in [0.29, 0.717) is 15.6 Å². The Bertz CT molecular complexity index is 1020. The molecule has 0 radical (unpaired) electrons. The molecule has 1 aromatic heterocycles. The molecule has 5 atom stereocenters. The van der Waals surface area contributed by atoms with E-state index in [4.69, 9.17) is 4.74 Å². The first-order valence-electron chi connectivity index (χ1n) is 9.04. The Labute approximate surface area is 170 Å². The number of hydrogen-bond donors (Lipinski definition) is 5. The molecular weight excluding hydrogens is 396 g/mol. The first-order chi connectivity index (χ1) is 14.0. The van der Waals surface area contributed by atoms with Gasteiger partial charge in [0.2, 0.25) is 5.78 Å². The first kappa shape index (κ1) is 19.9. The first-order valence-corrected chi connectivity index (χ1v) is 9.86. The van der Waals surface area contributed by atoms with E-state index in [2.05, 4.69) is 10.3 Å². The van der Waals surface area contributed by atoms with E-state index in [0.717, 1.165) is 22.1 Å². The number of rotatable bonds is 5. The molecule has 8 nitrogen and oxygen atoms in total. The zero-order chi connectivity index (χ0) is 20.5. The third-order valence-electron chi connectivity index (χ3n) is 4.90. The van der Waals surface area contributed by atoms with Gasteiger partial charge >= 0.3 is 0 Å². The number of benzene rings is 2. The minimum atomic E-state index is -1.49. The molecule has 0 aliphatic carbocycles. The van der Waals surface area contributed by atoms with Crippen molar-refractivity contribution in [3.63, 3.8) is 0 Å². The van der Waals surface area contributed by atoms with Crippen molar-refractivity contribution in [1.82, 2.24) is 4.98 Å². The summed E-state index contributed by atoms with van der Waals surface area (Å²) in [6.45, 7) is -0.521. The summed E-state index contributed by atoms with van der Waals surface area (Å²) in [4.78, 5) is 17.3. The van der Waals surface area contributed by atoms with E-state index >= 15 is 0 Å². The van der Waals surface area contributed by atoms with Crippen molar-refractivity contribution in [3.8, 4) is 0 Å². The van der Waals surface area contributed by atoms with E-state index < -0.39 is 37.3 Å². The molecular formula is C20H20N2O6S. The number of anilines is 1. The summed E-state index contributed by atoms with van der Waals surface area (Å²) in [5.41, 5.74) is 0.534. The fourth-order valence-corrected chi connectivity index (χ4v) is 4.07. The summed E-state index contributed by atoms with van der Waals surface area (Å²) in [6.07, 6.45) is -5.05. The van der Waals surface area contributed by atoms with Gasteiger partial charge in [0.1, 0.15) is 24.4 Å². The van der Waals surface area contributed by atoms with E-state index in [9.17, 15) is 25.2 Å². The van der Waals surface area contributed by atoms with Crippen LogP contribution in [-0.4, -0.2) is 68.4 Å². The van der Waals surface area contributed by atoms with Crippen molar-refractivity contribution in [3.05, 3.63) is 59.1 Å². The minimum Gasteiger partial charge on any atom is -0.394 e. The SMILES string of the molecule is O=C(c1ccc2ccccc2c1)c1cnc(N[C@H]2OC(CO)[C@@H](O)C(O)[C@H]2O)s1. The zero-order valence-electron chi connectivity index (χ0n) is 15.2. The lowest BCUT2D eigenvalue weighted by molar-refractivity contribution is -0.221. The number of carbonyl (C=O) groups excluding carboxylic acids is 1. The van der Waals surface area contributed by atoms with Crippen LogP contribution in [0.5, 0.6) is 0 Å². The molecule has 1 saturated heterocycles. The predicted molar refractivity (Wildman–Crippen MR) is 107 cm³/mol. The Morgan fingerprint density at radius 1 is 1.07 bits per heavy atom. The standard InChI is InChI=1S/C20H20N2O6S/c23-9-13-16(25)17(26)18(27)19(28-13)22-20-21-8-14(29-20)15(24)12-6-5-10-3-1-2-4-11(10)7-12/h1-8,13,16-19,23,25-27H,9H2,(H,21,22)/t13?,16-,17?,18-,19+/m1/s1. The quantitative estimate of drug-likeness (QED) is 0.385. The predicted octanol–water partition coefficient (Wildman–Crippen LogP) is 0.739. The number of nitrogens with one attached hydrogen (secondary N) is 1. The van der Waals surface area contributed by atoms with Crippen LogP contribution >= 0.6 is 11.3 Å². The van der Waals surface area contributed by atoms with Crippen LogP contribution in [0.4, 0.5) is 5.13 Å². The number of aliphatic hydroxyl groups is 4. The average molecular weight is 416 g/mol.